The summed E-state index contributed by atoms with van der Waals surface area (Å²) in [6.07, 6.45) is 8.24. The van der Waals surface area contributed by atoms with Gasteiger partial charge in [-0.15, -0.1) is 0 Å². The fourth-order valence-electron chi connectivity index (χ4n) is 2.95. The lowest BCUT2D eigenvalue weighted by Crippen LogP contribution is -2.28. The van der Waals surface area contributed by atoms with Crippen molar-refractivity contribution in [3.63, 3.8) is 0 Å². The first-order valence-corrected chi connectivity index (χ1v) is 10.1. The van der Waals surface area contributed by atoms with Crippen LogP contribution < -0.4 is 5.32 Å². The fraction of sp³-hybridized carbons (Fsp3) is 0.545. The van der Waals surface area contributed by atoms with E-state index in [1.54, 1.807) is 0 Å². The van der Waals surface area contributed by atoms with Gasteiger partial charge in [0.1, 0.15) is 11.6 Å². The number of unbranched alkanes of at least 4 members (excludes halogenated alkanes) is 4. The maximum atomic E-state index is 12.7. The van der Waals surface area contributed by atoms with Crippen molar-refractivity contribution in [2.24, 2.45) is 0 Å². The highest BCUT2D eigenvalue weighted by atomic mass is 35.5. The van der Waals surface area contributed by atoms with Gasteiger partial charge in [0.05, 0.1) is 6.04 Å². The van der Waals surface area contributed by atoms with E-state index in [1.165, 1.54) is 0 Å². The number of halogens is 1. The van der Waals surface area contributed by atoms with Crippen LogP contribution in [0.3, 0.4) is 0 Å². The van der Waals surface area contributed by atoms with Gasteiger partial charge in [-0.25, -0.2) is 0 Å². The summed E-state index contributed by atoms with van der Waals surface area (Å²) in [6.45, 7) is 6.24. The number of benzene rings is 1. The van der Waals surface area contributed by atoms with Crippen molar-refractivity contribution in [3.8, 4) is 6.07 Å². The molecule has 0 spiro atoms. The average Bonchev–Trinajstić information content (AvgIpc) is 2.62. The predicted molar refractivity (Wildman–Crippen MR) is 109 cm³/mol. The molecule has 1 rings (SSSR count). The number of rotatable bonds is 11. The smallest absolute Gasteiger partial charge is 0.262 e. The molecule has 0 saturated carbocycles. The van der Waals surface area contributed by atoms with Gasteiger partial charge >= 0.3 is 0 Å². The van der Waals surface area contributed by atoms with E-state index in [-0.39, 0.29) is 11.9 Å². The molecule has 1 N–H and O–H groups in total. The Kier molecular flexibility index (Phi) is 10.7. The van der Waals surface area contributed by atoms with Crippen molar-refractivity contribution in [1.29, 1.82) is 5.26 Å². The molecule has 0 aliphatic heterocycles. The third-order valence-electron chi connectivity index (χ3n) is 4.57. The molecule has 0 aromatic heterocycles. The van der Waals surface area contributed by atoms with Crippen LogP contribution in [0.2, 0.25) is 5.02 Å². The van der Waals surface area contributed by atoms with Gasteiger partial charge in [0, 0.05) is 5.02 Å². The Morgan fingerprint density at radius 1 is 1.08 bits per heavy atom. The van der Waals surface area contributed by atoms with Crippen LogP contribution in [0.5, 0.6) is 0 Å². The maximum absolute atomic E-state index is 12.7. The molecular weight excluding hydrogens is 344 g/mol. The number of hydrogen-bond acceptors (Lipinski definition) is 2. The standard InChI is InChI=1S/C22H31ClN2O/c1-4-6-8-10-19(11-9-7-5-2)21(16-24)22(26)25-17(3)18-12-14-20(23)15-13-18/h12-15,17H,4-11H2,1-3H3,(H,25,26). The average molecular weight is 375 g/mol. The second-order valence-corrected chi connectivity index (χ2v) is 7.19. The molecule has 0 aliphatic carbocycles. The van der Waals surface area contributed by atoms with E-state index in [9.17, 15) is 10.1 Å². The van der Waals surface area contributed by atoms with Gasteiger partial charge in [-0.1, -0.05) is 63.3 Å². The van der Waals surface area contributed by atoms with Crippen LogP contribution >= 0.6 is 11.6 Å². The first kappa shape index (κ1) is 22.3. The van der Waals surface area contributed by atoms with Gasteiger partial charge in [-0.3, -0.25) is 4.79 Å². The lowest BCUT2D eigenvalue weighted by atomic mass is 9.96. The van der Waals surface area contributed by atoms with Crippen LogP contribution in [0.4, 0.5) is 0 Å². The summed E-state index contributed by atoms with van der Waals surface area (Å²) < 4.78 is 0. The Morgan fingerprint density at radius 2 is 1.62 bits per heavy atom. The number of hydrogen-bond donors (Lipinski definition) is 1. The number of allylic oxidation sites excluding steroid dienone is 1. The highest BCUT2D eigenvalue weighted by molar-refractivity contribution is 6.30. The van der Waals surface area contributed by atoms with Gasteiger partial charge in [0.25, 0.3) is 5.91 Å². The Balaban J connectivity index is 2.88. The normalized spacial score (nSPS) is 11.5. The van der Waals surface area contributed by atoms with Gasteiger partial charge in [0.15, 0.2) is 0 Å². The lowest BCUT2D eigenvalue weighted by molar-refractivity contribution is -0.117. The van der Waals surface area contributed by atoms with E-state index in [0.29, 0.717) is 10.6 Å². The predicted octanol–water partition coefficient (Wildman–Crippen LogP) is 6.50. The molecule has 0 radical (unpaired) electrons. The number of amides is 1. The molecule has 0 fully saturated rings. The molecule has 1 atom stereocenters. The van der Waals surface area contributed by atoms with Crippen LogP contribution in [0.25, 0.3) is 0 Å². The lowest BCUT2D eigenvalue weighted by Gasteiger charge is -2.16. The molecule has 4 heteroatoms. The Bertz CT molecular complexity index is 617. The molecule has 0 bridgehead atoms. The summed E-state index contributed by atoms with van der Waals surface area (Å²) in [4.78, 5) is 12.7. The van der Waals surface area contributed by atoms with E-state index in [0.717, 1.165) is 62.5 Å². The zero-order valence-electron chi connectivity index (χ0n) is 16.3. The Labute approximate surface area is 163 Å². The van der Waals surface area contributed by atoms with E-state index >= 15 is 0 Å². The molecule has 1 aromatic rings. The monoisotopic (exact) mass is 374 g/mol. The van der Waals surface area contributed by atoms with Crippen LogP contribution in [0.15, 0.2) is 35.4 Å². The number of nitrogens with zero attached hydrogens (tertiary/aromatic N) is 1. The van der Waals surface area contributed by atoms with Gasteiger partial charge in [-0.2, -0.15) is 5.26 Å². The SMILES string of the molecule is CCCCCC(CCCCC)=C(C#N)C(=O)NC(C)c1ccc(Cl)cc1. The number of nitrogens with one attached hydrogen (secondary N) is 1. The third-order valence-corrected chi connectivity index (χ3v) is 4.83. The van der Waals surface area contributed by atoms with Crippen molar-refractivity contribution in [2.75, 3.05) is 0 Å². The molecule has 1 aromatic carbocycles. The second kappa shape index (κ2) is 12.5. The summed E-state index contributed by atoms with van der Waals surface area (Å²) >= 11 is 5.92. The molecule has 26 heavy (non-hydrogen) atoms. The Hall–Kier alpha value is -1.79. The zero-order chi connectivity index (χ0) is 19.4. The molecule has 3 nitrogen and oxygen atoms in total. The third kappa shape index (κ3) is 7.62. The van der Waals surface area contributed by atoms with Gasteiger partial charge in [-0.05, 0) is 55.9 Å². The van der Waals surface area contributed by atoms with E-state index < -0.39 is 0 Å². The molecule has 0 aliphatic rings. The van der Waals surface area contributed by atoms with Gasteiger partial charge in [0.2, 0.25) is 0 Å². The summed E-state index contributed by atoms with van der Waals surface area (Å²) in [6, 6.07) is 9.40. The van der Waals surface area contributed by atoms with Crippen molar-refractivity contribution in [1.82, 2.24) is 5.32 Å². The van der Waals surface area contributed by atoms with E-state index in [4.69, 9.17) is 11.6 Å². The van der Waals surface area contributed by atoms with E-state index in [2.05, 4.69) is 25.2 Å². The van der Waals surface area contributed by atoms with Crippen molar-refractivity contribution >= 4 is 17.5 Å². The number of nitriles is 1. The molecule has 0 saturated heterocycles. The topological polar surface area (TPSA) is 52.9 Å². The summed E-state index contributed by atoms with van der Waals surface area (Å²) in [5, 5.41) is 13.2. The number of carbonyl (C=O) groups is 1. The minimum Gasteiger partial charge on any atom is -0.345 e. The van der Waals surface area contributed by atoms with Crippen LogP contribution in [0.1, 0.15) is 83.7 Å². The largest absolute Gasteiger partial charge is 0.345 e. The zero-order valence-corrected chi connectivity index (χ0v) is 17.0. The molecular formula is C22H31ClN2O. The minimum atomic E-state index is -0.266. The highest BCUT2D eigenvalue weighted by Gasteiger charge is 2.18. The van der Waals surface area contributed by atoms with Crippen molar-refractivity contribution in [2.45, 2.75) is 78.2 Å². The van der Waals surface area contributed by atoms with Gasteiger partial charge < -0.3 is 5.32 Å². The summed E-state index contributed by atoms with van der Waals surface area (Å²) in [5.74, 6) is -0.266. The minimum absolute atomic E-state index is 0.171. The summed E-state index contributed by atoms with van der Waals surface area (Å²) in [5.41, 5.74) is 2.28. The van der Waals surface area contributed by atoms with Crippen LogP contribution in [-0.2, 0) is 4.79 Å². The quantitative estimate of drug-likeness (QED) is 0.273. The first-order chi connectivity index (χ1) is 12.5. The highest BCUT2D eigenvalue weighted by Crippen LogP contribution is 2.22. The molecule has 1 amide bonds. The second-order valence-electron chi connectivity index (χ2n) is 6.75. The van der Waals surface area contributed by atoms with E-state index in [1.807, 2.05) is 31.2 Å². The maximum Gasteiger partial charge on any atom is 0.262 e. The van der Waals surface area contributed by atoms with Crippen LogP contribution in [0, 0.1) is 11.3 Å². The first-order valence-electron chi connectivity index (χ1n) is 9.71. The molecule has 1 unspecified atom stereocenters. The molecule has 0 heterocycles. The Morgan fingerprint density at radius 3 is 2.08 bits per heavy atom. The van der Waals surface area contributed by atoms with Crippen molar-refractivity contribution < 1.29 is 4.79 Å². The molecule has 142 valence electrons. The fourth-order valence-corrected chi connectivity index (χ4v) is 3.07. The van der Waals surface area contributed by atoms with Crippen molar-refractivity contribution in [3.05, 3.63) is 46.0 Å². The van der Waals surface area contributed by atoms with Crippen LogP contribution in [-0.4, -0.2) is 5.91 Å². The summed E-state index contributed by atoms with van der Waals surface area (Å²) in [7, 11) is 0. The number of carbonyl (C=O) groups excluding carboxylic acids is 1.